The molecule has 0 amide bonds. The summed E-state index contributed by atoms with van der Waals surface area (Å²) in [6, 6.07) is 0. The molecule has 3 unspecified atom stereocenters. The summed E-state index contributed by atoms with van der Waals surface area (Å²) in [7, 11) is 0. The molecule has 0 saturated carbocycles. The van der Waals surface area contributed by atoms with Gasteiger partial charge in [0.15, 0.2) is 12.1 Å². The highest BCUT2D eigenvalue weighted by atomic mass is 16.5. The van der Waals surface area contributed by atoms with Gasteiger partial charge in [0.1, 0.15) is 12.4 Å². The van der Waals surface area contributed by atoms with E-state index >= 15 is 0 Å². The third-order valence-electron chi connectivity index (χ3n) is 2.38. The Hall–Kier alpha value is -1.51. The van der Waals surface area contributed by atoms with Crippen LogP contribution in [0.2, 0.25) is 0 Å². The Morgan fingerprint density at radius 1 is 1.75 bits per heavy atom. The lowest BCUT2D eigenvalue weighted by Crippen LogP contribution is -2.21. The van der Waals surface area contributed by atoms with Crippen LogP contribution in [-0.2, 0) is 4.74 Å². The number of amidine groups is 1. The fraction of sp³-hybridized carbons (Fsp3) is 0.625. The Kier molecular flexibility index (Phi) is 2.86. The quantitative estimate of drug-likeness (QED) is 0.356. The van der Waals surface area contributed by atoms with E-state index in [0.717, 1.165) is 0 Å². The zero-order valence-corrected chi connectivity index (χ0v) is 8.45. The minimum atomic E-state index is -0.751. The number of aromatic nitrogens is 3. The third-order valence-corrected chi connectivity index (χ3v) is 2.38. The molecule has 16 heavy (non-hydrogen) atoms. The summed E-state index contributed by atoms with van der Waals surface area (Å²) in [4.78, 5) is 3.79. The maximum absolute atomic E-state index is 9.68. The van der Waals surface area contributed by atoms with E-state index in [1.165, 1.54) is 11.0 Å². The third kappa shape index (κ3) is 1.90. The molecule has 3 atom stereocenters. The van der Waals surface area contributed by atoms with Gasteiger partial charge in [0.05, 0.1) is 12.7 Å². The number of aliphatic hydroxyl groups excluding tert-OH is 2. The first kappa shape index (κ1) is 11.0. The first-order chi connectivity index (χ1) is 7.61. The van der Waals surface area contributed by atoms with Crippen LogP contribution in [0.25, 0.3) is 0 Å². The molecule has 1 fully saturated rings. The summed E-state index contributed by atoms with van der Waals surface area (Å²) < 4.78 is 6.65. The standard InChI is InChI=1S/C8H13N5O3/c9-6(10)7-11-3-13(12-7)8-5(15)1-4(2-14)16-8/h3-5,8,14-15H,1-2H2,(H3,9,10). The van der Waals surface area contributed by atoms with Crippen LogP contribution in [0.1, 0.15) is 18.5 Å². The number of rotatable bonds is 3. The smallest absolute Gasteiger partial charge is 0.215 e. The van der Waals surface area contributed by atoms with Gasteiger partial charge in [-0.05, 0) is 0 Å². The van der Waals surface area contributed by atoms with Crippen LogP contribution in [0.5, 0.6) is 0 Å². The fourth-order valence-electron chi connectivity index (χ4n) is 1.61. The lowest BCUT2D eigenvalue weighted by molar-refractivity contribution is -0.0572. The highest BCUT2D eigenvalue weighted by molar-refractivity contribution is 5.90. The molecule has 0 aliphatic carbocycles. The van der Waals surface area contributed by atoms with Gasteiger partial charge >= 0.3 is 0 Å². The molecule has 2 rings (SSSR count). The second-order valence-corrected chi connectivity index (χ2v) is 3.60. The number of aliphatic hydroxyl groups is 2. The molecule has 0 radical (unpaired) electrons. The average molecular weight is 227 g/mol. The second-order valence-electron chi connectivity index (χ2n) is 3.60. The first-order valence-electron chi connectivity index (χ1n) is 4.81. The van der Waals surface area contributed by atoms with Gasteiger partial charge in [-0.15, -0.1) is 5.10 Å². The molecule has 1 aliphatic heterocycles. The second kappa shape index (κ2) is 4.16. The highest BCUT2D eigenvalue weighted by Gasteiger charge is 2.35. The van der Waals surface area contributed by atoms with Gasteiger partial charge in [-0.1, -0.05) is 0 Å². The van der Waals surface area contributed by atoms with Crippen LogP contribution in [0.4, 0.5) is 0 Å². The monoisotopic (exact) mass is 227 g/mol. The highest BCUT2D eigenvalue weighted by Crippen LogP contribution is 2.27. The van der Waals surface area contributed by atoms with Crippen molar-refractivity contribution in [2.24, 2.45) is 5.73 Å². The first-order valence-corrected chi connectivity index (χ1v) is 4.81. The average Bonchev–Trinajstić information content (AvgIpc) is 2.83. The van der Waals surface area contributed by atoms with Crippen molar-refractivity contribution >= 4 is 5.84 Å². The number of hydrogen-bond donors (Lipinski definition) is 4. The van der Waals surface area contributed by atoms with E-state index in [1.807, 2.05) is 0 Å². The summed E-state index contributed by atoms with van der Waals surface area (Å²) in [6.45, 7) is -0.151. The summed E-state index contributed by atoms with van der Waals surface area (Å²) in [6.07, 6.45) is -0.151. The Balaban J connectivity index is 2.15. The van der Waals surface area contributed by atoms with Crippen LogP contribution in [0.3, 0.4) is 0 Å². The normalized spacial score (nSPS) is 29.5. The summed E-state index contributed by atoms with van der Waals surface area (Å²) in [5, 5.41) is 29.6. The summed E-state index contributed by atoms with van der Waals surface area (Å²) >= 11 is 0. The molecule has 5 N–H and O–H groups in total. The molecular weight excluding hydrogens is 214 g/mol. The molecular formula is C8H13N5O3. The van der Waals surface area contributed by atoms with Crippen LogP contribution in [0.15, 0.2) is 6.33 Å². The number of ether oxygens (including phenoxy) is 1. The van der Waals surface area contributed by atoms with Gasteiger partial charge in [-0.3, -0.25) is 5.41 Å². The van der Waals surface area contributed by atoms with Crippen LogP contribution in [-0.4, -0.2) is 49.6 Å². The van der Waals surface area contributed by atoms with Crippen molar-refractivity contribution < 1.29 is 14.9 Å². The minimum Gasteiger partial charge on any atom is -0.394 e. The maximum Gasteiger partial charge on any atom is 0.215 e. The van der Waals surface area contributed by atoms with Gasteiger partial charge in [0, 0.05) is 6.42 Å². The van der Waals surface area contributed by atoms with E-state index in [1.54, 1.807) is 0 Å². The Morgan fingerprint density at radius 2 is 2.50 bits per heavy atom. The van der Waals surface area contributed by atoms with E-state index in [4.69, 9.17) is 21.0 Å². The topological polar surface area (TPSA) is 130 Å². The molecule has 1 saturated heterocycles. The predicted molar refractivity (Wildman–Crippen MR) is 52.7 cm³/mol. The number of hydrogen-bond acceptors (Lipinski definition) is 6. The van der Waals surface area contributed by atoms with E-state index in [9.17, 15) is 5.11 Å². The molecule has 2 heterocycles. The predicted octanol–water partition coefficient (Wildman–Crippen LogP) is -1.80. The van der Waals surface area contributed by atoms with Crippen LogP contribution >= 0.6 is 0 Å². The number of nitrogens with two attached hydrogens (primary N) is 1. The van der Waals surface area contributed by atoms with Crippen molar-refractivity contribution in [2.75, 3.05) is 6.61 Å². The van der Waals surface area contributed by atoms with E-state index in [-0.39, 0.29) is 18.3 Å². The molecule has 0 bridgehead atoms. The van der Waals surface area contributed by atoms with Gasteiger partial charge in [0.25, 0.3) is 0 Å². The number of nitrogens with zero attached hydrogens (tertiary/aromatic N) is 3. The van der Waals surface area contributed by atoms with Crippen molar-refractivity contribution in [3.8, 4) is 0 Å². The van der Waals surface area contributed by atoms with Crippen molar-refractivity contribution in [1.29, 1.82) is 5.41 Å². The number of nitrogen functional groups attached to an aromatic ring is 1. The van der Waals surface area contributed by atoms with Gasteiger partial charge < -0.3 is 20.7 Å². The zero-order chi connectivity index (χ0) is 11.7. The lowest BCUT2D eigenvalue weighted by atomic mass is 10.2. The molecule has 1 aliphatic rings. The molecule has 8 heteroatoms. The molecule has 0 aromatic carbocycles. The van der Waals surface area contributed by atoms with Gasteiger partial charge in [-0.25, -0.2) is 9.67 Å². The zero-order valence-electron chi connectivity index (χ0n) is 8.45. The largest absolute Gasteiger partial charge is 0.394 e. The summed E-state index contributed by atoms with van der Waals surface area (Å²) in [5.41, 5.74) is 5.22. The molecule has 88 valence electrons. The van der Waals surface area contributed by atoms with Crippen molar-refractivity contribution in [3.05, 3.63) is 12.2 Å². The fourth-order valence-corrected chi connectivity index (χ4v) is 1.61. The van der Waals surface area contributed by atoms with Gasteiger partial charge in [0.2, 0.25) is 5.82 Å². The van der Waals surface area contributed by atoms with Gasteiger partial charge in [-0.2, -0.15) is 0 Å². The molecule has 1 aromatic heterocycles. The minimum absolute atomic E-state index is 0.0863. The SMILES string of the molecule is N=C(N)c1ncn(C2OC(CO)CC2O)n1. The number of nitrogens with one attached hydrogen (secondary N) is 1. The van der Waals surface area contributed by atoms with Crippen LogP contribution < -0.4 is 5.73 Å². The molecule has 1 aromatic rings. The molecule has 0 spiro atoms. The Labute approximate surface area is 91.2 Å². The van der Waals surface area contributed by atoms with Crippen LogP contribution in [0, 0.1) is 5.41 Å². The van der Waals surface area contributed by atoms with Crippen molar-refractivity contribution in [2.45, 2.75) is 24.9 Å². The Bertz CT molecular complexity index is 393. The van der Waals surface area contributed by atoms with Crippen molar-refractivity contribution in [1.82, 2.24) is 14.8 Å². The van der Waals surface area contributed by atoms with E-state index in [2.05, 4.69) is 10.1 Å². The molecule has 8 nitrogen and oxygen atoms in total. The van der Waals surface area contributed by atoms with Crippen molar-refractivity contribution in [3.63, 3.8) is 0 Å². The Morgan fingerprint density at radius 3 is 3.00 bits per heavy atom. The maximum atomic E-state index is 9.68. The van der Waals surface area contributed by atoms with E-state index < -0.39 is 18.4 Å². The van der Waals surface area contributed by atoms with E-state index in [0.29, 0.717) is 6.42 Å². The lowest BCUT2D eigenvalue weighted by Gasteiger charge is -2.13. The summed E-state index contributed by atoms with van der Waals surface area (Å²) in [5.74, 6) is -0.159.